The summed E-state index contributed by atoms with van der Waals surface area (Å²) in [7, 11) is 0. The molecule has 0 spiro atoms. The van der Waals surface area contributed by atoms with Gasteiger partial charge in [-0.1, -0.05) is 6.92 Å². The largest absolute Gasteiger partial charge is 0.352 e. The molecule has 2 atom stereocenters. The van der Waals surface area contributed by atoms with Crippen LogP contribution in [-0.4, -0.2) is 43.0 Å². The van der Waals surface area contributed by atoms with E-state index in [0.29, 0.717) is 18.1 Å². The van der Waals surface area contributed by atoms with Gasteiger partial charge < -0.3 is 14.4 Å². The molecule has 3 heteroatoms. The first-order valence-corrected chi connectivity index (χ1v) is 7.18. The highest BCUT2D eigenvalue weighted by atomic mass is 16.7. The van der Waals surface area contributed by atoms with E-state index in [2.05, 4.69) is 25.7 Å². The van der Waals surface area contributed by atoms with Crippen molar-refractivity contribution in [3.05, 3.63) is 0 Å². The smallest absolute Gasteiger partial charge is 0.160 e. The number of nitrogens with zero attached hydrogens (tertiary/aromatic N) is 1. The van der Waals surface area contributed by atoms with Gasteiger partial charge in [0.1, 0.15) is 0 Å². The van der Waals surface area contributed by atoms with Gasteiger partial charge in [0.15, 0.2) is 6.29 Å². The van der Waals surface area contributed by atoms with Crippen LogP contribution in [0.3, 0.4) is 0 Å². The Bertz CT molecular complexity index is 224. The van der Waals surface area contributed by atoms with Crippen molar-refractivity contribution in [2.45, 2.75) is 64.9 Å². The third-order valence-corrected chi connectivity index (χ3v) is 4.08. The fourth-order valence-corrected chi connectivity index (χ4v) is 2.80. The van der Waals surface area contributed by atoms with E-state index in [1.54, 1.807) is 0 Å². The van der Waals surface area contributed by atoms with Crippen LogP contribution in [0.5, 0.6) is 0 Å². The van der Waals surface area contributed by atoms with Crippen LogP contribution in [0.25, 0.3) is 0 Å². The lowest BCUT2D eigenvalue weighted by Crippen LogP contribution is -2.43. The third kappa shape index (κ3) is 3.67. The quantitative estimate of drug-likeness (QED) is 0.758. The van der Waals surface area contributed by atoms with Crippen LogP contribution < -0.4 is 0 Å². The van der Waals surface area contributed by atoms with Crippen LogP contribution in [-0.2, 0) is 9.47 Å². The Balaban J connectivity index is 1.73. The van der Waals surface area contributed by atoms with Crippen LogP contribution >= 0.6 is 0 Å². The number of hydrogen-bond acceptors (Lipinski definition) is 3. The molecule has 2 heterocycles. The molecule has 2 aliphatic heterocycles. The van der Waals surface area contributed by atoms with Gasteiger partial charge in [0, 0.05) is 31.7 Å². The molecule has 17 heavy (non-hydrogen) atoms. The summed E-state index contributed by atoms with van der Waals surface area (Å²) in [5, 5.41) is 0. The van der Waals surface area contributed by atoms with E-state index in [4.69, 9.17) is 9.47 Å². The average molecular weight is 241 g/mol. The molecule has 2 rings (SSSR count). The van der Waals surface area contributed by atoms with Crippen molar-refractivity contribution in [2.75, 3.05) is 19.7 Å². The molecule has 2 saturated heterocycles. The van der Waals surface area contributed by atoms with Gasteiger partial charge in [-0.05, 0) is 39.5 Å². The molecule has 0 bridgehead atoms. The molecule has 100 valence electrons. The van der Waals surface area contributed by atoms with Crippen molar-refractivity contribution in [1.29, 1.82) is 0 Å². The van der Waals surface area contributed by atoms with E-state index in [1.807, 2.05) is 0 Å². The first kappa shape index (κ1) is 13.3. The molecule has 0 aromatic carbocycles. The molecule has 2 aliphatic rings. The van der Waals surface area contributed by atoms with Gasteiger partial charge in [-0.25, -0.2) is 0 Å². The Kier molecular flexibility index (Phi) is 4.83. The lowest BCUT2D eigenvalue weighted by Gasteiger charge is -2.38. The van der Waals surface area contributed by atoms with E-state index in [9.17, 15) is 0 Å². The van der Waals surface area contributed by atoms with E-state index >= 15 is 0 Å². The van der Waals surface area contributed by atoms with E-state index < -0.39 is 0 Å². The highest BCUT2D eigenvalue weighted by Crippen LogP contribution is 2.25. The summed E-state index contributed by atoms with van der Waals surface area (Å²) >= 11 is 0. The summed E-state index contributed by atoms with van der Waals surface area (Å²) in [6, 6.07) is 0.667. The predicted octanol–water partition coefficient (Wildman–Crippen LogP) is 2.65. The molecule has 0 aliphatic carbocycles. The predicted molar refractivity (Wildman–Crippen MR) is 69.0 cm³/mol. The fourth-order valence-electron chi connectivity index (χ4n) is 2.80. The molecule has 0 aromatic rings. The highest BCUT2D eigenvalue weighted by Gasteiger charge is 2.28. The zero-order valence-electron chi connectivity index (χ0n) is 11.5. The SMILES string of the molecule is CC1CCCOC1OC1CCN(C(C)C)CC1. The van der Waals surface area contributed by atoms with Gasteiger partial charge in [0.2, 0.25) is 0 Å². The second-order valence-electron chi connectivity index (χ2n) is 5.82. The summed E-state index contributed by atoms with van der Waals surface area (Å²) in [5.41, 5.74) is 0. The average Bonchev–Trinajstić information content (AvgIpc) is 2.33. The molecular weight excluding hydrogens is 214 g/mol. The van der Waals surface area contributed by atoms with Crippen molar-refractivity contribution in [2.24, 2.45) is 5.92 Å². The summed E-state index contributed by atoms with van der Waals surface area (Å²) in [6.07, 6.45) is 5.22. The van der Waals surface area contributed by atoms with Gasteiger partial charge in [-0.15, -0.1) is 0 Å². The summed E-state index contributed by atoms with van der Waals surface area (Å²) < 4.78 is 11.9. The summed E-state index contributed by atoms with van der Waals surface area (Å²) in [6.45, 7) is 10.0. The number of hydrogen-bond donors (Lipinski definition) is 0. The summed E-state index contributed by atoms with van der Waals surface area (Å²) in [4.78, 5) is 2.53. The zero-order valence-corrected chi connectivity index (χ0v) is 11.5. The maximum Gasteiger partial charge on any atom is 0.160 e. The Morgan fingerprint density at radius 3 is 2.47 bits per heavy atom. The van der Waals surface area contributed by atoms with Crippen LogP contribution in [0.15, 0.2) is 0 Å². The van der Waals surface area contributed by atoms with Gasteiger partial charge >= 0.3 is 0 Å². The van der Waals surface area contributed by atoms with Crippen LogP contribution in [0.2, 0.25) is 0 Å². The fraction of sp³-hybridized carbons (Fsp3) is 1.00. The summed E-state index contributed by atoms with van der Waals surface area (Å²) in [5.74, 6) is 0.562. The molecule has 2 fully saturated rings. The molecule has 3 nitrogen and oxygen atoms in total. The number of rotatable bonds is 3. The lowest BCUT2D eigenvalue weighted by molar-refractivity contribution is -0.218. The van der Waals surface area contributed by atoms with Crippen LogP contribution in [0.1, 0.15) is 46.5 Å². The third-order valence-electron chi connectivity index (χ3n) is 4.08. The molecule has 0 aromatic heterocycles. The minimum atomic E-state index is 0.0550. The van der Waals surface area contributed by atoms with Gasteiger partial charge in [-0.2, -0.15) is 0 Å². The maximum absolute atomic E-state index is 6.12. The minimum Gasteiger partial charge on any atom is -0.352 e. The molecule has 0 saturated carbocycles. The number of ether oxygens (including phenoxy) is 2. The minimum absolute atomic E-state index is 0.0550. The monoisotopic (exact) mass is 241 g/mol. The molecule has 0 N–H and O–H groups in total. The second kappa shape index (κ2) is 6.17. The zero-order chi connectivity index (χ0) is 12.3. The van der Waals surface area contributed by atoms with E-state index in [1.165, 1.54) is 25.9 Å². The van der Waals surface area contributed by atoms with Crippen molar-refractivity contribution in [3.63, 3.8) is 0 Å². The number of likely N-dealkylation sites (tertiary alicyclic amines) is 1. The van der Waals surface area contributed by atoms with Gasteiger partial charge in [0.25, 0.3) is 0 Å². The molecular formula is C14H27NO2. The van der Waals surface area contributed by atoms with E-state index in [-0.39, 0.29) is 6.29 Å². The van der Waals surface area contributed by atoms with Gasteiger partial charge in [0.05, 0.1) is 6.10 Å². The van der Waals surface area contributed by atoms with E-state index in [0.717, 1.165) is 19.4 Å². The highest BCUT2D eigenvalue weighted by molar-refractivity contribution is 4.76. The van der Waals surface area contributed by atoms with Crippen LogP contribution in [0.4, 0.5) is 0 Å². The normalized spacial score (nSPS) is 33.2. The Morgan fingerprint density at radius 1 is 1.18 bits per heavy atom. The topological polar surface area (TPSA) is 21.7 Å². The standard InChI is InChI=1S/C14H27NO2/c1-11(2)15-8-6-13(7-9-15)17-14-12(3)5-4-10-16-14/h11-14H,4-10H2,1-3H3. The second-order valence-corrected chi connectivity index (χ2v) is 5.82. The lowest BCUT2D eigenvalue weighted by atomic mass is 10.0. The Morgan fingerprint density at radius 2 is 1.88 bits per heavy atom. The number of piperidine rings is 1. The van der Waals surface area contributed by atoms with Gasteiger partial charge in [-0.3, -0.25) is 0 Å². The van der Waals surface area contributed by atoms with Crippen molar-refractivity contribution in [1.82, 2.24) is 4.90 Å². The van der Waals surface area contributed by atoms with Crippen molar-refractivity contribution < 1.29 is 9.47 Å². The molecule has 2 unspecified atom stereocenters. The Hall–Kier alpha value is -0.120. The molecule has 0 amide bonds. The van der Waals surface area contributed by atoms with Crippen molar-refractivity contribution >= 4 is 0 Å². The van der Waals surface area contributed by atoms with Crippen LogP contribution in [0, 0.1) is 5.92 Å². The van der Waals surface area contributed by atoms with Crippen molar-refractivity contribution in [3.8, 4) is 0 Å². The Labute approximate surface area is 105 Å². The maximum atomic E-state index is 6.12. The first-order chi connectivity index (χ1) is 8.16. The molecule has 0 radical (unpaired) electrons. The first-order valence-electron chi connectivity index (χ1n) is 7.18.